The molecule has 1 unspecified atom stereocenters. The Bertz CT molecular complexity index is 672. The van der Waals surface area contributed by atoms with Gasteiger partial charge in [-0.25, -0.2) is 4.98 Å². The molecule has 1 N–H and O–H groups in total. The molecule has 1 heterocycles. The Labute approximate surface area is 130 Å². The van der Waals surface area contributed by atoms with E-state index in [1.807, 2.05) is 36.6 Å². The summed E-state index contributed by atoms with van der Waals surface area (Å²) in [5.74, 6) is 2.67. The van der Waals surface area contributed by atoms with Crippen molar-refractivity contribution in [2.24, 2.45) is 0 Å². The highest BCUT2D eigenvalue weighted by Gasteiger charge is 2.29. The zero-order chi connectivity index (χ0) is 14.8. The molecule has 0 saturated heterocycles. The zero-order valence-electron chi connectivity index (χ0n) is 11.1. The lowest BCUT2D eigenvalue weighted by Gasteiger charge is -2.22. The minimum absolute atomic E-state index is 0.142. The van der Waals surface area contributed by atoms with Crippen LogP contribution in [-0.4, -0.2) is 10.9 Å². The standard InChI is InChI=1S/C15H13BrN2OS/c1-4-15(3,11-5-7-12(16)8-6-11)13-9-20-14(18-13)17-10(2)19/h1,5-9H,2-3H3,(H,17,18,19). The van der Waals surface area contributed by atoms with Crippen LogP contribution in [0.3, 0.4) is 0 Å². The first kappa shape index (κ1) is 14.8. The minimum Gasteiger partial charge on any atom is -0.302 e. The van der Waals surface area contributed by atoms with Crippen molar-refractivity contribution < 1.29 is 4.79 Å². The van der Waals surface area contributed by atoms with Gasteiger partial charge in [0.05, 0.1) is 11.1 Å². The Hall–Kier alpha value is -1.64. The molecule has 0 aliphatic carbocycles. The van der Waals surface area contributed by atoms with Gasteiger partial charge >= 0.3 is 0 Å². The van der Waals surface area contributed by atoms with Crippen LogP contribution >= 0.6 is 27.3 Å². The smallest absolute Gasteiger partial charge is 0.223 e. The fourth-order valence-electron chi connectivity index (χ4n) is 1.80. The minimum atomic E-state index is -0.617. The highest BCUT2D eigenvalue weighted by Crippen LogP contribution is 2.33. The third kappa shape index (κ3) is 2.92. The fraction of sp³-hybridized carbons (Fsp3) is 0.200. The maximum Gasteiger partial charge on any atom is 0.223 e. The van der Waals surface area contributed by atoms with E-state index < -0.39 is 5.41 Å². The highest BCUT2D eigenvalue weighted by atomic mass is 79.9. The molecular weight excluding hydrogens is 336 g/mol. The maximum atomic E-state index is 11.1. The van der Waals surface area contributed by atoms with Crippen LogP contribution in [0.15, 0.2) is 34.1 Å². The second-order valence-electron chi connectivity index (χ2n) is 4.50. The van der Waals surface area contributed by atoms with Crippen molar-refractivity contribution in [3.63, 3.8) is 0 Å². The van der Waals surface area contributed by atoms with Gasteiger partial charge in [0, 0.05) is 16.8 Å². The molecule has 2 rings (SSSR count). The summed E-state index contributed by atoms with van der Waals surface area (Å²) in [7, 11) is 0. The average molecular weight is 349 g/mol. The van der Waals surface area contributed by atoms with Crippen LogP contribution in [0.1, 0.15) is 25.1 Å². The Kier molecular flexibility index (Phi) is 4.26. The molecule has 0 spiro atoms. The van der Waals surface area contributed by atoms with E-state index >= 15 is 0 Å². The second kappa shape index (κ2) is 5.78. The molecule has 20 heavy (non-hydrogen) atoms. The van der Waals surface area contributed by atoms with Crippen LogP contribution in [0.5, 0.6) is 0 Å². The van der Waals surface area contributed by atoms with Gasteiger partial charge in [-0.3, -0.25) is 4.79 Å². The first-order valence-electron chi connectivity index (χ1n) is 5.93. The number of nitrogens with one attached hydrogen (secondary N) is 1. The van der Waals surface area contributed by atoms with Gasteiger partial charge in [-0.05, 0) is 24.6 Å². The van der Waals surface area contributed by atoms with E-state index in [0.29, 0.717) is 5.13 Å². The Morgan fingerprint density at radius 1 is 1.45 bits per heavy atom. The number of benzene rings is 1. The van der Waals surface area contributed by atoms with Crippen LogP contribution in [0.4, 0.5) is 5.13 Å². The predicted molar refractivity (Wildman–Crippen MR) is 85.8 cm³/mol. The number of nitrogens with zero attached hydrogens (tertiary/aromatic N) is 1. The van der Waals surface area contributed by atoms with Crippen molar-refractivity contribution in [2.75, 3.05) is 5.32 Å². The fourth-order valence-corrected chi connectivity index (χ4v) is 2.93. The number of aromatic nitrogens is 1. The maximum absolute atomic E-state index is 11.1. The number of carbonyl (C=O) groups is 1. The lowest BCUT2D eigenvalue weighted by molar-refractivity contribution is -0.114. The van der Waals surface area contributed by atoms with Crippen LogP contribution < -0.4 is 5.32 Å². The third-order valence-corrected chi connectivity index (χ3v) is 4.30. The monoisotopic (exact) mass is 348 g/mol. The number of rotatable bonds is 3. The van der Waals surface area contributed by atoms with Gasteiger partial charge in [-0.15, -0.1) is 17.8 Å². The summed E-state index contributed by atoms with van der Waals surface area (Å²) in [5.41, 5.74) is 1.13. The number of carbonyl (C=O) groups excluding carboxylic acids is 1. The summed E-state index contributed by atoms with van der Waals surface area (Å²) in [6.45, 7) is 3.40. The van der Waals surface area contributed by atoms with Crippen molar-refractivity contribution in [2.45, 2.75) is 19.3 Å². The van der Waals surface area contributed by atoms with Gasteiger partial charge in [0.2, 0.25) is 5.91 Å². The first-order valence-corrected chi connectivity index (χ1v) is 7.60. The molecule has 0 aliphatic heterocycles. The topological polar surface area (TPSA) is 42.0 Å². The average Bonchev–Trinajstić information content (AvgIpc) is 2.87. The molecular formula is C15H13BrN2OS. The Balaban J connectivity index is 2.40. The summed E-state index contributed by atoms with van der Waals surface area (Å²) in [6.07, 6.45) is 5.74. The lowest BCUT2D eigenvalue weighted by atomic mass is 9.81. The number of terminal acetylenes is 1. The zero-order valence-corrected chi connectivity index (χ0v) is 13.5. The summed E-state index contributed by atoms with van der Waals surface area (Å²) in [6, 6.07) is 7.85. The Morgan fingerprint density at radius 2 is 2.10 bits per heavy atom. The van der Waals surface area contributed by atoms with Crippen LogP contribution in [0.25, 0.3) is 0 Å². The SMILES string of the molecule is C#CC(C)(c1ccc(Br)cc1)c1csc(NC(C)=O)n1. The van der Waals surface area contributed by atoms with Crippen molar-refractivity contribution in [1.82, 2.24) is 4.98 Å². The molecule has 0 radical (unpaired) electrons. The van der Waals surface area contributed by atoms with Gasteiger partial charge in [0.15, 0.2) is 5.13 Å². The van der Waals surface area contributed by atoms with Crippen LogP contribution in [0, 0.1) is 12.3 Å². The summed E-state index contributed by atoms with van der Waals surface area (Å²) < 4.78 is 0.998. The first-order chi connectivity index (χ1) is 9.45. The van der Waals surface area contributed by atoms with E-state index in [1.54, 1.807) is 0 Å². The van der Waals surface area contributed by atoms with E-state index in [0.717, 1.165) is 15.7 Å². The number of amides is 1. The lowest BCUT2D eigenvalue weighted by Crippen LogP contribution is -2.22. The number of halogens is 1. The van der Waals surface area contributed by atoms with Crippen LogP contribution in [-0.2, 0) is 10.2 Å². The number of hydrogen-bond acceptors (Lipinski definition) is 3. The van der Waals surface area contributed by atoms with Crippen molar-refractivity contribution >= 4 is 38.3 Å². The van der Waals surface area contributed by atoms with Crippen LogP contribution in [0.2, 0.25) is 0 Å². The summed E-state index contributed by atoms with van der Waals surface area (Å²) in [5, 5.41) is 5.12. The third-order valence-electron chi connectivity index (χ3n) is 3.01. The van der Waals surface area contributed by atoms with E-state index in [1.165, 1.54) is 18.3 Å². The van der Waals surface area contributed by atoms with E-state index in [9.17, 15) is 4.79 Å². The molecule has 102 valence electrons. The highest BCUT2D eigenvalue weighted by molar-refractivity contribution is 9.10. The molecule has 3 nitrogen and oxygen atoms in total. The largest absolute Gasteiger partial charge is 0.302 e. The van der Waals surface area contributed by atoms with Crippen molar-refractivity contribution in [1.29, 1.82) is 0 Å². The molecule has 5 heteroatoms. The van der Waals surface area contributed by atoms with Gasteiger partial charge < -0.3 is 5.32 Å². The predicted octanol–water partition coefficient (Wildman–Crippen LogP) is 3.80. The quantitative estimate of drug-likeness (QED) is 0.857. The molecule has 1 aromatic carbocycles. The molecule has 0 saturated carbocycles. The normalized spacial score (nSPS) is 13.3. The van der Waals surface area contributed by atoms with Gasteiger partial charge in [0.25, 0.3) is 0 Å². The van der Waals surface area contributed by atoms with Crippen molar-refractivity contribution in [3.05, 3.63) is 45.4 Å². The second-order valence-corrected chi connectivity index (χ2v) is 6.27. The van der Waals surface area contributed by atoms with E-state index in [-0.39, 0.29) is 5.91 Å². The van der Waals surface area contributed by atoms with Gasteiger partial charge in [0.1, 0.15) is 0 Å². The molecule has 2 aromatic rings. The molecule has 1 amide bonds. The van der Waals surface area contributed by atoms with E-state index in [4.69, 9.17) is 6.42 Å². The van der Waals surface area contributed by atoms with Gasteiger partial charge in [-0.1, -0.05) is 34.0 Å². The molecule has 1 atom stereocenters. The molecule has 0 aliphatic rings. The number of thiazole rings is 1. The molecule has 0 fully saturated rings. The summed E-state index contributed by atoms with van der Waals surface area (Å²) in [4.78, 5) is 15.5. The summed E-state index contributed by atoms with van der Waals surface area (Å²) >= 11 is 4.78. The Morgan fingerprint density at radius 3 is 2.65 bits per heavy atom. The van der Waals surface area contributed by atoms with Crippen molar-refractivity contribution in [3.8, 4) is 12.3 Å². The number of anilines is 1. The number of hydrogen-bond donors (Lipinski definition) is 1. The molecule has 1 aromatic heterocycles. The van der Waals surface area contributed by atoms with Gasteiger partial charge in [-0.2, -0.15) is 0 Å². The van der Waals surface area contributed by atoms with E-state index in [2.05, 4.69) is 32.2 Å². The molecule has 0 bridgehead atoms.